The van der Waals surface area contributed by atoms with Crippen LogP contribution in [0.5, 0.6) is 11.6 Å². The molecule has 1 aromatic heterocycles. The minimum Gasteiger partial charge on any atom is -0.482 e. The van der Waals surface area contributed by atoms with Crippen molar-refractivity contribution < 1.29 is 19.1 Å². The number of pyridine rings is 1. The van der Waals surface area contributed by atoms with Gasteiger partial charge in [-0.25, -0.2) is 4.98 Å². The van der Waals surface area contributed by atoms with Crippen LogP contribution in [0.3, 0.4) is 0 Å². The standard InChI is InChI=1S/C18H19N3O4/c1-11(2)25-18-13(4-3-7-19-18)9-20-17(23)12-5-6-14-15(8-12)24-10-16(22)21-14/h3-8,11H,9-10H2,1-2H3,(H,20,23)(H,21,22). The second kappa shape index (κ2) is 7.21. The highest BCUT2D eigenvalue weighted by Crippen LogP contribution is 2.28. The zero-order valence-electron chi connectivity index (χ0n) is 14.0. The summed E-state index contributed by atoms with van der Waals surface area (Å²) in [5.74, 6) is 0.536. The third-order valence-corrected chi connectivity index (χ3v) is 3.51. The summed E-state index contributed by atoms with van der Waals surface area (Å²) in [6.45, 7) is 4.08. The predicted octanol–water partition coefficient (Wildman–Crippen LogP) is 2.13. The predicted molar refractivity (Wildman–Crippen MR) is 91.7 cm³/mol. The molecule has 0 saturated heterocycles. The highest BCUT2D eigenvalue weighted by Gasteiger charge is 2.18. The Bertz CT molecular complexity index is 805. The summed E-state index contributed by atoms with van der Waals surface area (Å²) in [7, 11) is 0. The molecule has 3 rings (SSSR count). The van der Waals surface area contributed by atoms with Crippen molar-refractivity contribution in [2.45, 2.75) is 26.5 Å². The van der Waals surface area contributed by atoms with Gasteiger partial charge in [-0.05, 0) is 38.1 Å². The lowest BCUT2D eigenvalue weighted by Crippen LogP contribution is -2.27. The number of ether oxygens (including phenoxy) is 2. The third kappa shape index (κ3) is 4.06. The van der Waals surface area contributed by atoms with Gasteiger partial charge in [-0.3, -0.25) is 9.59 Å². The van der Waals surface area contributed by atoms with Crippen LogP contribution in [-0.4, -0.2) is 29.5 Å². The number of nitrogens with zero attached hydrogens (tertiary/aromatic N) is 1. The molecule has 0 spiro atoms. The summed E-state index contributed by atoms with van der Waals surface area (Å²) in [6, 6.07) is 8.55. The van der Waals surface area contributed by atoms with Gasteiger partial charge in [0.2, 0.25) is 5.88 Å². The van der Waals surface area contributed by atoms with Crippen LogP contribution in [0.2, 0.25) is 0 Å². The van der Waals surface area contributed by atoms with Gasteiger partial charge in [0.25, 0.3) is 11.8 Å². The summed E-state index contributed by atoms with van der Waals surface area (Å²) in [4.78, 5) is 27.9. The maximum Gasteiger partial charge on any atom is 0.262 e. The van der Waals surface area contributed by atoms with E-state index in [1.165, 1.54) is 0 Å². The number of anilines is 1. The first-order chi connectivity index (χ1) is 12.0. The molecule has 0 atom stereocenters. The lowest BCUT2D eigenvalue weighted by molar-refractivity contribution is -0.118. The van der Waals surface area contributed by atoms with Crippen LogP contribution in [-0.2, 0) is 11.3 Å². The van der Waals surface area contributed by atoms with Crippen LogP contribution in [0.1, 0.15) is 29.8 Å². The largest absolute Gasteiger partial charge is 0.482 e. The number of carbonyl (C=O) groups excluding carboxylic acids is 2. The van der Waals surface area contributed by atoms with E-state index in [1.807, 2.05) is 19.9 Å². The van der Waals surface area contributed by atoms with Crippen molar-refractivity contribution in [3.8, 4) is 11.6 Å². The molecule has 7 nitrogen and oxygen atoms in total. The van der Waals surface area contributed by atoms with Gasteiger partial charge in [-0.1, -0.05) is 6.07 Å². The van der Waals surface area contributed by atoms with E-state index in [-0.39, 0.29) is 24.5 Å². The van der Waals surface area contributed by atoms with E-state index in [4.69, 9.17) is 9.47 Å². The third-order valence-electron chi connectivity index (χ3n) is 3.51. The van der Waals surface area contributed by atoms with Crippen LogP contribution in [0.4, 0.5) is 5.69 Å². The molecule has 0 saturated carbocycles. The van der Waals surface area contributed by atoms with E-state index in [0.717, 1.165) is 5.56 Å². The zero-order chi connectivity index (χ0) is 17.8. The molecule has 7 heteroatoms. The fraction of sp³-hybridized carbons (Fsp3) is 0.278. The molecule has 1 aliphatic rings. The van der Waals surface area contributed by atoms with Crippen LogP contribution in [0.15, 0.2) is 36.5 Å². The van der Waals surface area contributed by atoms with Gasteiger partial charge >= 0.3 is 0 Å². The fourth-order valence-corrected chi connectivity index (χ4v) is 2.38. The number of benzene rings is 1. The topological polar surface area (TPSA) is 89.6 Å². The van der Waals surface area contributed by atoms with Crippen molar-refractivity contribution in [2.24, 2.45) is 0 Å². The molecule has 1 aromatic carbocycles. The molecule has 0 fully saturated rings. The Balaban J connectivity index is 1.68. The Morgan fingerprint density at radius 1 is 1.40 bits per heavy atom. The van der Waals surface area contributed by atoms with E-state index in [0.29, 0.717) is 29.4 Å². The molecule has 130 valence electrons. The van der Waals surface area contributed by atoms with Crippen molar-refractivity contribution >= 4 is 17.5 Å². The first-order valence-corrected chi connectivity index (χ1v) is 7.98. The molecule has 2 aromatic rings. The Morgan fingerprint density at radius 3 is 3.04 bits per heavy atom. The zero-order valence-corrected chi connectivity index (χ0v) is 14.0. The Kier molecular flexibility index (Phi) is 4.83. The van der Waals surface area contributed by atoms with Crippen LogP contribution in [0, 0.1) is 0 Å². The summed E-state index contributed by atoms with van der Waals surface area (Å²) in [5, 5.41) is 5.53. The Labute approximate surface area is 145 Å². The maximum atomic E-state index is 12.4. The van der Waals surface area contributed by atoms with E-state index in [1.54, 1.807) is 30.5 Å². The number of rotatable bonds is 5. The molecule has 2 amide bonds. The van der Waals surface area contributed by atoms with Crippen LogP contribution >= 0.6 is 0 Å². The molecule has 2 heterocycles. The average Bonchev–Trinajstić information content (AvgIpc) is 2.59. The molecule has 0 radical (unpaired) electrons. The lowest BCUT2D eigenvalue weighted by atomic mass is 10.1. The first kappa shape index (κ1) is 16.8. The monoisotopic (exact) mass is 341 g/mol. The van der Waals surface area contributed by atoms with E-state index < -0.39 is 0 Å². The molecule has 0 aliphatic carbocycles. The normalized spacial score (nSPS) is 12.8. The summed E-state index contributed by atoms with van der Waals surface area (Å²) in [6.07, 6.45) is 1.65. The van der Waals surface area contributed by atoms with Crippen molar-refractivity contribution in [3.63, 3.8) is 0 Å². The van der Waals surface area contributed by atoms with Gasteiger partial charge in [0.1, 0.15) is 5.75 Å². The summed E-state index contributed by atoms with van der Waals surface area (Å²) >= 11 is 0. The molecular weight excluding hydrogens is 322 g/mol. The average molecular weight is 341 g/mol. The van der Waals surface area contributed by atoms with Crippen molar-refractivity contribution in [1.29, 1.82) is 0 Å². The SMILES string of the molecule is CC(C)Oc1ncccc1CNC(=O)c1ccc2c(c1)OCC(=O)N2. The van der Waals surface area contributed by atoms with E-state index >= 15 is 0 Å². The smallest absolute Gasteiger partial charge is 0.262 e. The van der Waals surface area contributed by atoms with Gasteiger partial charge in [-0.15, -0.1) is 0 Å². The molecule has 1 aliphatic heterocycles. The second-order valence-corrected chi connectivity index (χ2v) is 5.86. The highest BCUT2D eigenvalue weighted by molar-refractivity contribution is 5.98. The molecule has 25 heavy (non-hydrogen) atoms. The maximum absolute atomic E-state index is 12.4. The van der Waals surface area contributed by atoms with Gasteiger partial charge in [-0.2, -0.15) is 0 Å². The number of nitrogens with one attached hydrogen (secondary N) is 2. The first-order valence-electron chi connectivity index (χ1n) is 7.98. The number of hydrogen-bond donors (Lipinski definition) is 2. The second-order valence-electron chi connectivity index (χ2n) is 5.86. The van der Waals surface area contributed by atoms with E-state index in [2.05, 4.69) is 15.6 Å². The Morgan fingerprint density at radius 2 is 2.24 bits per heavy atom. The molecule has 0 unspecified atom stereocenters. The number of fused-ring (bicyclic) bond motifs is 1. The van der Waals surface area contributed by atoms with Gasteiger partial charge < -0.3 is 20.1 Å². The number of amides is 2. The fourth-order valence-electron chi connectivity index (χ4n) is 2.38. The number of hydrogen-bond acceptors (Lipinski definition) is 5. The lowest BCUT2D eigenvalue weighted by Gasteiger charge is -2.18. The van der Waals surface area contributed by atoms with Crippen molar-refractivity contribution in [3.05, 3.63) is 47.7 Å². The minimum absolute atomic E-state index is 0.00245. The summed E-state index contributed by atoms with van der Waals surface area (Å²) in [5.41, 5.74) is 1.81. The van der Waals surface area contributed by atoms with Crippen LogP contribution in [0.25, 0.3) is 0 Å². The molecule has 2 N–H and O–H groups in total. The van der Waals surface area contributed by atoms with Gasteiger partial charge in [0.15, 0.2) is 6.61 Å². The Hall–Kier alpha value is -3.09. The van der Waals surface area contributed by atoms with Crippen molar-refractivity contribution in [1.82, 2.24) is 10.3 Å². The van der Waals surface area contributed by atoms with E-state index in [9.17, 15) is 9.59 Å². The van der Waals surface area contributed by atoms with Gasteiger partial charge in [0, 0.05) is 23.9 Å². The number of aromatic nitrogens is 1. The van der Waals surface area contributed by atoms with Crippen LogP contribution < -0.4 is 20.1 Å². The van der Waals surface area contributed by atoms with Crippen molar-refractivity contribution in [2.75, 3.05) is 11.9 Å². The number of carbonyl (C=O) groups is 2. The van der Waals surface area contributed by atoms with Gasteiger partial charge in [0.05, 0.1) is 11.8 Å². The minimum atomic E-state index is -0.248. The summed E-state index contributed by atoms with van der Waals surface area (Å²) < 4.78 is 11.0. The highest BCUT2D eigenvalue weighted by atomic mass is 16.5. The quantitative estimate of drug-likeness (QED) is 0.869. The molecular formula is C18H19N3O4. The molecule has 0 bridgehead atoms.